The van der Waals surface area contributed by atoms with Crippen molar-refractivity contribution in [3.63, 3.8) is 0 Å². The van der Waals surface area contributed by atoms with Crippen LogP contribution in [0.3, 0.4) is 0 Å². The van der Waals surface area contributed by atoms with Crippen molar-refractivity contribution in [1.82, 2.24) is 0 Å². The van der Waals surface area contributed by atoms with E-state index in [1.165, 1.54) is 0 Å². The average Bonchev–Trinajstić information content (AvgIpc) is 2.26. The van der Waals surface area contributed by atoms with Crippen molar-refractivity contribution in [3.05, 3.63) is 23.8 Å². The van der Waals surface area contributed by atoms with Gasteiger partial charge >= 0.3 is 10.2 Å². The number of hydrogen-bond acceptors (Lipinski definition) is 4. The molecule has 0 radical (unpaired) electrons. The maximum Gasteiger partial charge on any atom is 0.344 e. The highest BCUT2D eigenvalue weighted by Crippen LogP contribution is 2.31. The minimum Gasteiger partial charge on any atom is -0.490 e. The van der Waals surface area contributed by atoms with Crippen LogP contribution in [0.1, 0.15) is 32.3 Å². The number of nitrogens with two attached hydrogens (primary N) is 1. The molecule has 0 amide bonds. The number of fused-ring (bicyclic) bond motifs is 1. The van der Waals surface area contributed by atoms with Gasteiger partial charge in [-0.05, 0) is 25.5 Å². The Kier molecular flexibility index (Phi) is 3.66. The quantitative estimate of drug-likeness (QED) is 0.878. The van der Waals surface area contributed by atoms with E-state index in [9.17, 15) is 8.42 Å². The number of ether oxygens (including phenoxy) is 1. The first-order valence-electron chi connectivity index (χ1n) is 6.11. The van der Waals surface area contributed by atoms with Crippen LogP contribution in [-0.4, -0.2) is 20.4 Å². The molecular formula is C12H17N3O3S. The summed E-state index contributed by atoms with van der Waals surface area (Å²) in [4.78, 5) is 0. The molecule has 0 aliphatic carbocycles. The highest BCUT2D eigenvalue weighted by atomic mass is 32.2. The topological polar surface area (TPSA) is 93.8 Å². The molecule has 1 aliphatic heterocycles. The maximum atomic E-state index is 11.4. The number of anilines is 1. The Morgan fingerprint density at radius 3 is 2.89 bits per heavy atom. The van der Waals surface area contributed by atoms with Gasteiger partial charge in [0.05, 0.1) is 17.4 Å². The van der Waals surface area contributed by atoms with Crippen LogP contribution < -0.4 is 15.2 Å². The van der Waals surface area contributed by atoms with Crippen LogP contribution in [0, 0.1) is 0 Å². The van der Waals surface area contributed by atoms with E-state index in [2.05, 4.69) is 16.0 Å². The van der Waals surface area contributed by atoms with E-state index in [1.807, 2.05) is 6.92 Å². The largest absolute Gasteiger partial charge is 0.490 e. The van der Waals surface area contributed by atoms with Crippen LogP contribution in [0.5, 0.6) is 5.75 Å². The Bertz CT molecular complexity index is 611. The van der Waals surface area contributed by atoms with Crippen molar-refractivity contribution in [1.29, 1.82) is 0 Å². The van der Waals surface area contributed by atoms with Gasteiger partial charge in [-0.25, -0.2) is 0 Å². The van der Waals surface area contributed by atoms with Crippen LogP contribution in [0.4, 0.5) is 5.69 Å². The third-order valence-electron chi connectivity index (χ3n) is 2.76. The van der Waals surface area contributed by atoms with Gasteiger partial charge in [0, 0.05) is 0 Å². The Hall–Kier alpha value is -1.76. The average molecular weight is 283 g/mol. The molecule has 104 valence electrons. The Balaban J connectivity index is 2.39. The van der Waals surface area contributed by atoms with Gasteiger partial charge in [0.2, 0.25) is 0 Å². The van der Waals surface area contributed by atoms with Crippen LogP contribution in [0.15, 0.2) is 22.6 Å². The van der Waals surface area contributed by atoms with Gasteiger partial charge in [0.15, 0.2) is 5.84 Å². The predicted molar refractivity (Wildman–Crippen MR) is 74.7 cm³/mol. The minimum atomic E-state index is -3.74. The molecule has 1 heterocycles. The van der Waals surface area contributed by atoms with Gasteiger partial charge in [-0.1, -0.05) is 19.4 Å². The van der Waals surface area contributed by atoms with Crippen molar-refractivity contribution in [3.8, 4) is 5.75 Å². The Morgan fingerprint density at radius 1 is 1.47 bits per heavy atom. The molecule has 0 fully saturated rings. The molecular weight excluding hydrogens is 266 g/mol. The lowest BCUT2D eigenvalue weighted by atomic mass is 10.1. The Morgan fingerprint density at radius 2 is 2.21 bits per heavy atom. The fraction of sp³-hybridized carbons (Fsp3) is 0.417. The normalized spacial score (nSPS) is 17.9. The standard InChI is InChI=1S/C12H17N3O3S/c1-3-5-8(2)18-10-7-4-6-9-11(10)12(13)15-19(16,17)14-9/h4,6-8,14H,3,5H2,1-2H3,(H2,13,15). The summed E-state index contributed by atoms with van der Waals surface area (Å²) >= 11 is 0. The molecule has 1 aliphatic rings. The van der Waals surface area contributed by atoms with Crippen LogP contribution >= 0.6 is 0 Å². The van der Waals surface area contributed by atoms with Gasteiger partial charge in [-0.3, -0.25) is 4.72 Å². The smallest absolute Gasteiger partial charge is 0.344 e. The van der Waals surface area contributed by atoms with Gasteiger partial charge in [-0.15, -0.1) is 4.40 Å². The maximum absolute atomic E-state index is 11.4. The van der Waals surface area contributed by atoms with Crippen LogP contribution in [0.2, 0.25) is 0 Å². The Labute approximate surface area is 112 Å². The second-order valence-corrected chi connectivity index (χ2v) is 5.79. The molecule has 6 nitrogen and oxygen atoms in total. The van der Waals surface area contributed by atoms with Gasteiger partial charge in [0.1, 0.15) is 5.75 Å². The van der Waals surface area contributed by atoms with E-state index in [0.717, 1.165) is 12.8 Å². The minimum absolute atomic E-state index is 0.0304. The number of rotatable bonds is 4. The summed E-state index contributed by atoms with van der Waals surface area (Å²) in [5, 5.41) is 0. The second kappa shape index (κ2) is 5.08. The first-order valence-corrected chi connectivity index (χ1v) is 7.55. The molecule has 2 rings (SSSR count). The fourth-order valence-corrected chi connectivity index (χ4v) is 2.84. The highest BCUT2D eigenvalue weighted by molar-refractivity contribution is 7.91. The second-order valence-electron chi connectivity index (χ2n) is 4.45. The number of hydrogen-bond donors (Lipinski definition) is 2. The molecule has 1 aromatic carbocycles. The molecule has 0 bridgehead atoms. The monoisotopic (exact) mass is 283 g/mol. The molecule has 1 unspecified atom stereocenters. The summed E-state index contributed by atoms with van der Waals surface area (Å²) < 4.78 is 34.5. The van der Waals surface area contributed by atoms with E-state index in [-0.39, 0.29) is 11.9 Å². The summed E-state index contributed by atoms with van der Waals surface area (Å²) in [5.41, 5.74) is 6.62. The lowest BCUT2D eigenvalue weighted by Gasteiger charge is -2.21. The van der Waals surface area contributed by atoms with Crippen molar-refractivity contribution < 1.29 is 13.2 Å². The van der Waals surface area contributed by atoms with E-state index in [4.69, 9.17) is 10.5 Å². The SMILES string of the molecule is CCCC(C)Oc1cccc2c1C(N)=NS(=O)(=O)N2. The number of nitrogens with one attached hydrogen (secondary N) is 1. The van der Waals surface area contributed by atoms with E-state index < -0.39 is 10.2 Å². The zero-order valence-electron chi connectivity index (χ0n) is 10.9. The molecule has 0 saturated carbocycles. The number of amidine groups is 1. The summed E-state index contributed by atoms with van der Waals surface area (Å²) in [6, 6.07) is 5.10. The molecule has 3 N–H and O–H groups in total. The summed E-state index contributed by atoms with van der Waals surface area (Å²) in [7, 11) is -3.74. The van der Waals surface area contributed by atoms with Gasteiger partial charge in [0.25, 0.3) is 0 Å². The molecule has 7 heteroatoms. The van der Waals surface area contributed by atoms with E-state index in [0.29, 0.717) is 17.0 Å². The lowest BCUT2D eigenvalue weighted by molar-refractivity contribution is 0.209. The summed E-state index contributed by atoms with van der Waals surface area (Å²) in [6.45, 7) is 4.04. The summed E-state index contributed by atoms with van der Waals surface area (Å²) in [6.07, 6.45) is 1.95. The zero-order chi connectivity index (χ0) is 14.0. The molecule has 0 aromatic heterocycles. The van der Waals surface area contributed by atoms with Crippen molar-refractivity contribution in [2.24, 2.45) is 10.1 Å². The molecule has 0 saturated heterocycles. The van der Waals surface area contributed by atoms with Crippen molar-refractivity contribution in [2.45, 2.75) is 32.8 Å². The predicted octanol–water partition coefficient (Wildman–Crippen LogP) is 1.63. The van der Waals surface area contributed by atoms with Crippen LogP contribution in [-0.2, 0) is 10.2 Å². The third-order valence-corrected chi connectivity index (χ3v) is 3.68. The molecule has 1 aromatic rings. The van der Waals surface area contributed by atoms with Gasteiger partial charge < -0.3 is 10.5 Å². The number of benzene rings is 1. The van der Waals surface area contributed by atoms with Crippen molar-refractivity contribution in [2.75, 3.05) is 4.72 Å². The number of nitrogens with zero attached hydrogens (tertiary/aromatic N) is 1. The highest BCUT2D eigenvalue weighted by Gasteiger charge is 2.24. The van der Waals surface area contributed by atoms with Crippen molar-refractivity contribution >= 4 is 21.7 Å². The van der Waals surface area contributed by atoms with Gasteiger partial charge in [-0.2, -0.15) is 8.42 Å². The van der Waals surface area contributed by atoms with E-state index in [1.54, 1.807) is 18.2 Å². The molecule has 19 heavy (non-hydrogen) atoms. The third kappa shape index (κ3) is 2.98. The molecule has 0 spiro atoms. The zero-order valence-corrected chi connectivity index (χ0v) is 11.7. The first-order chi connectivity index (χ1) is 8.93. The fourth-order valence-electron chi connectivity index (χ4n) is 2.00. The van der Waals surface area contributed by atoms with E-state index >= 15 is 0 Å². The molecule has 1 atom stereocenters. The first kappa shape index (κ1) is 13.7. The summed E-state index contributed by atoms with van der Waals surface area (Å²) in [5.74, 6) is 0.496. The van der Waals surface area contributed by atoms with Crippen LogP contribution in [0.25, 0.3) is 0 Å². The lowest BCUT2D eigenvalue weighted by Crippen LogP contribution is -2.27.